The summed E-state index contributed by atoms with van der Waals surface area (Å²) in [6, 6.07) is 6.44. The summed E-state index contributed by atoms with van der Waals surface area (Å²) in [6.45, 7) is 2.09. The molecular weight excluding hydrogens is 290 g/mol. The van der Waals surface area contributed by atoms with Gasteiger partial charge in [-0.1, -0.05) is 6.07 Å². The first kappa shape index (κ1) is 15.0. The molecule has 0 saturated carbocycles. The van der Waals surface area contributed by atoms with Crippen molar-refractivity contribution in [3.63, 3.8) is 0 Å². The van der Waals surface area contributed by atoms with E-state index in [2.05, 4.69) is 5.32 Å². The Labute approximate surface area is 118 Å². The van der Waals surface area contributed by atoms with Gasteiger partial charge in [0.25, 0.3) is 0 Å². The maximum Gasteiger partial charge on any atom is 0.416 e. The second kappa shape index (κ2) is 5.93. The van der Waals surface area contributed by atoms with E-state index < -0.39 is 17.6 Å². The van der Waals surface area contributed by atoms with E-state index in [0.29, 0.717) is 6.07 Å². The summed E-state index contributed by atoms with van der Waals surface area (Å²) in [4.78, 5) is 1.08. The molecule has 0 saturated heterocycles. The highest BCUT2D eigenvalue weighted by Crippen LogP contribution is 2.30. The number of thiophene rings is 1. The van der Waals surface area contributed by atoms with Crippen molar-refractivity contribution < 1.29 is 17.6 Å². The predicted octanol–water partition coefficient (Wildman–Crippen LogP) is 4.76. The lowest BCUT2D eigenvalue weighted by Crippen LogP contribution is -2.18. The van der Waals surface area contributed by atoms with Crippen LogP contribution in [0.2, 0.25) is 0 Å². The highest BCUT2D eigenvalue weighted by Gasteiger charge is 2.31. The summed E-state index contributed by atoms with van der Waals surface area (Å²) >= 11 is 1.56. The molecule has 1 N–H and O–H groups in total. The monoisotopic (exact) mass is 303 g/mol. The topological polar surface area (TPSA) is 12.0 Å². The molecule has 0 aliphatic carbocycles. The lowest BCUT2D eigenvalue weighted by atomic mass is 10.1. The third-order valence-corrected chi connectivity index (χ3v) is 3.92. The number of halogens is 4. The van der Waals surface area contributed by atoms with Gasteiger partial charge >= 0.3 is 6.18 Å². The summed E-state index contributed by atoms with van der Waals surface area (Å²) in [7, 11) is 0. The molecule has 0 spiro atoms. The maximum absolute atomic E-state index is 13.2. The van der Waals surface area contributed by atoms with Crippen molar-refractivity contribution in [3.05, 3.63) is 57.5 Å². The summed E-state index contributed by atoms with van der Waals surface area (Å²) in [6.07, 6.45) is -4.53. The molecule has 0 unspecified atom stereocenters. The third-order valence-electron chi connectivity index (χ3n) is 2.87. The van der Waals surface area contributed by atoms with Crippen molar-refractivity contribution in [1.82, 2.24) is 5.32 Å². The Hall–Kier alpha value is -1.40. The van der Waals surface area contributed by atoms with Gasteiger partial charge in [-0.15, -0.1) is 11.3 Å². The number of alkyl halides is 3. The molecule has 2 aromatic rings. The van der Waals surface area contributed by atoms with Gasteiger partial charge in [-0.3, -0.25) is 0 Å². The van der Waals surface area contributed by atoms with E-state index in [4.69, 9.17) is 0 Å². The van der Waals surface area contributed by atoms with Crippen molar-refractivity contribution in [2.75, 3.05) is 0 Å². The quantitative estimate of drug-likeness (QED) is 0.803. The van der Waals surface area contributed by atoms with Crippen molar-refractivity contribution in [2.24, 2.45) is 0 Å². The molecule has 0 aliphatic rings. The lowest BCUT2D eigenvalue weighted by molar-refractivity contribution is -0.137. The molecule has 0 bridgehead atoms. The molecular formula is C14H13F4NS. The van der Waals surface area contributed by atoms with Gasteiger partial charge < -0.3 is 5.32 Å². The summed E-state index contributed by atoms with van der Waals surface area (Å²) in [5.41, 5.74) is -0.682. The Bertz CT molecular complexity index is 563. The SMILES string of the molecule is C[C@@H](NCc1cc(F)cc(C(F)(F)F)c1)c1cccs1. The summed E-state index contributed by atoms with van der Waals surface area (Å²) in [5, 5.41) is 5.01. The van der Waals surface area contributed by atoms with Crippen LogP contribution in [0.4, 0.5) is 17.6 Å². The van der Waals surface area contributed by atoms with E-state index in [1.807, 2.05) is 24.4 Å². The fraction of sp³-hybridized carbons (Fsp3) is 0.286. The smallest absolute Gasteiger partial charge is 0.305 e. The molecule has 20 heavy (non-hydrogen) atoms. The zero-order valence-corrected chi connectivity index (χ0v) is 11.5. The van der Waals surface area contributed by atoms with Crippen LogP contribution in [0.15, 0.2) is 35.7 Å². The number of hydrogen-bond donors (Lipinski definition) is 1. The summed E-state index contributed by atoms with van der Waals surface area (Å²) in [5.74, 6) is -0.875. The van der Waals surface area contributed by atoms with Gasteiger partial charge in [0, 0.05) is 17.5 Å². The fourth-order valence-corrected chi connectivity index (χ4v) is 2.58. The minimum absolute atomic E-state index is 0.00704. The molecule has 108 valence electrons. The van der Waals surface area contributed by atoms with E-state index in [0.717, 1.165) is 17.0 Å². The molecule has 1 atom stereocenters. The van der Waals surface area contributed by atoms with E-state index in [1.165, 1.54) is 0 Å². The van der Waals surface area contributed by atoms with Gasteiger partial charge in [0.1, 0.15) is 5.82 Å². The van der Waals surface area contributed by atoms with Gasteiger partial charge in [0.05, 0.1) is 5.56 Å². The number of nitrogens with one attached hydrogen (secondary N) is 1. The van der Waals surface area contributed by atoms with Crippen LogP contribution in [-0.2, 0) is 12.7 Å². The molecule has 0 fully saturated rings. The molecule has 1 nitrogen and oxygen atoms in total. The van der Waals surface area contributed by atoms with Gasteiger partial charge in [0.2, 0.25) is 0 Å². The third kappa shape index (κ3) is 3.80. The average Bonchev–Trinajstić information content (AvgIpc) is 2.88. The fourth-order valence-electron chi connectivity index (χ4n) is 1.83. The lowest BCUT2D eigenvalue weighted by Gasteiger charge is -2.14. The van der Waals surface area contributed by atoms with Crippen molar-refractivity contribution in [1.29, 1.82) is 0 Å². The van der Waals surface area contributed by atoms with E-state index in [9.17, 15) is 17.6 Å². The maximum atomic E-state index is 13.2. The van der Waals surface area contributed by atoms with Crippen molar-refractivity contribution in [3.8, 4) is 0 Å². The second-order valence-electron chi connectivity index (χ2n) is 4.46. The molecule has 1 aromatic carbocycles. The zero-order valence-electron chi connectivity index (χ0n) is 10.7. The Kier molecular flexibility index (Phi) is 4.45. The Morgan fingerprint density at radius 1 is 1.25 bits per heavy atom. The first-order chi connectivity index (χ1) is 9.36. The van der Waals surface area contributed by atoms with Crippen LogP contribution in [0.5, 0.6) is 0 Å². The molecule has 2 rings (SSSR count). The first-order valence-corrected chi connectivity index (χ1v) is 6.87. The Balaban J connectivity index is 2.08. The summed E-state index contributed by atoms with van der Waals surface area (Å²) < 4.78 is 51.0. The van der Waals surface area contributed by atoms with Crippen LogP contribution in [0, 0.1) is 5.82 Å². The molecule has 1 heterocycles. The standard InChI is InChI=1S/C14H13F4NS/c1-9(13-3-2-4-20-13)19-8-10-5-11(14(16,17)18)7-12(15)6-10/h2-7,9,19H,8H2,1H3/t9-/m1/s1. The van der Waals surface area contributed by atoms with Crippen molar-refractivity contribution in [2.45, 2.75) is 25.7 Å². The molecule has 6 heteroatoms. The van der Waals surface area contributed by atoms with E-state index in [-0.39, 0.29) is 18.2 Å². The Morgan fingerprint density at radius 2 is 2.00 bits per heavy atom. The minimum Gasteiger partial charge on any atom is -0.305 e. The predicted molar refractivity (Wildman–Crippen MR) is 71.0 cm³/mol. The number of benzene rings is 1. The van der Waals surface area contributed by atoms with Gasteiger partial charge in [0.15, 0.2) is 0 Å². The van der Waals surface area contributed by atoms with Gasteiger partial charge in [-0.25, -0.2) is 4.39 Å². The van der Waals surface area contributed by atoms with E-state index >= 15 is 0 Å². The Morgan fingerprint density at radius 3 is 2.60 bits per heavy atom. The molecule has 1 aromatic heterocycles. The van der Waals surface area contributed by atoms with Gasteiger partial charge in [-0.05, 0) is 42.1 Å². The number of rotatable bonds is 4. The van der Waals surface area contributed by atoms with E-state index in [1.54, 1.807) is 11.3 Å². The molecule has 0 aliphatic heterocycles. The molecule has 0 amide bonds. The van der Waals surface area contributed by atoms with Crippen molar-refractivity contribution >= 4 is 11.3 Å². The zero-order chi connectivity index (χ0) is 14.8. The number of hydrogen-bond acceptors (Lipinski definition) is 2. The minimum atomic E-state index is -4.53. The molecule has 0 radical (unpaired) electrons. The van der Waals surface area contributed by atoms with Crippen LogP contribution < -0.4 is 5.32 Å². The highest BCUT2D eigenvalue weighted by atomic mass is 32.1. The van der Waals surface area contributed by atoms with Crippen LogP contribution in [0.3, 0.4) is 0 Å². The highest BCUT2D eigenvalue weighted by molar-refractivity contribution is 7.10. The van der Waals surface area contributed by atoms with Crippen LogP contribution >= 0.6 is 11.3 Å². The first-order valence-electron chi connectivity index (χ1n) is 5.99. The van der Waals surface area contributed by atoms with Crippen LogP contribution in [-0.4, -0.2) is 0 Å². The second-order valence-corrected chi connectivity index (χ2v) is 5.44. The van der Waals surface area contributed by atoms with Crippen LogP contribution in [0.1, 0.15) is 29.0 Å². The normalized spacial score (nSPS) is 13.4. The van der Waals surface area contributed by atoms with Crippen LogP contribution in [0.25, 0.3) is 0 Å². The largest absolute Gasteiger partial charge is 0.416 e. The average molecular weight is 303 g/mol. The van der Waals surface area contributed by atoms with Gasteiger partial charge in [-0.2, -0.15) is 13.2 Å².